The lowest BCUT2D eigenvalue weighted by molar-refractivity contribution is -0.116. The van der Waals surface area contributed by atoms with Crippen LogP contribution >= 0.6 is 0 Å². The van der Waals surface area contributed by atoms with Gasteiger partial charge in [0.25, 0.3) is 0 Å². The van der Waals surface area contributed by atoms with E-state index in [1.165, 1.54) is 12.1 Å². The van der Waals surface area contributed by atoms with Gasteiger partial charge in [-0.2, -0.15) is 0 Å². The molecule has 0 radical (unpaired) electrons. The van der Waals surface area contributed by atoms with E-state index in [1.807, 2.05) is 0 Å². The second-order valence-corrected chi connectivity index (χ2v) is 5.61. The fraction of sp³-hybridized carbons (Fsp3) is 0.222. The molecule has 24 heavy (non-hydrogen) atoms. The number of fused-ring (bicyclic) bond motifs is 1. The summed E-state index contributed by atoms with van der Waals surface area (Å²) >= 11 is 0. The number of carbonyl (C=O) groups excluding carboxylic acids is 1. The van der Waals surface area contributed by atoms with Gasteiger partial charge in [0.15, 0.2) is 5.58 Å². The molecule has 0 saturated carbocycles. The minimum Gasteiger partial charge on any atom is -0.408 e. The molecule has 1 aromatic heterocycles. The Morgan fingerprint density at radius 3 is 2.71 bits per heavy atom. The van der Waals surface area contributed by atoms with Crippen LogP contribution in [0.3, 0.4) is 0 Å². The number of carbonyl (C=O) groups is 1. The number of benzene rings is 2. The maximum Gasteiger partial charge on any atom is 0.417 e. The van der Waals surface area contributed by atoms with Gasteiger partial charge in [0.05, 0.1) is 5.52 Å². The maximum atomic E-state index is 12.8. The molecule has 124 valence electrons. The fourth-order valence-electron chi connectivity index (χ4n) is 2.52. The molecule has 6 heteroatoms. The van der Waals surface area contributed by atoms with Crippen molar-refractivity contribution in [2.75, 3.05) is 5.32 Å². The van der Waals surface area contributed by atoms with E-state index in [9.17, 15) is 14.0 Å². The Balaban J connectivity index is 1.46. The number of aromatic nitrogens is 1. The summed E-state index contributed by atoms with van der Waals surface area (Å²) in [6, 6.07) is 11.4. The smallest absolute Gasteiger partial charge is 0.408 e. The summed E-state index contributed by atoms with van der Waals surface area (Å²) in [5.41, 5.74) is 2.68. The molecule has 0 saturated heterocycles. The quantitative estimate of drug-likeness (QED) is 0.679. The van der Waals surface area contributed by atoms with Gasteiger partial charge < -0.3 is 9.73 Å². The van der Waals surface area contributed by atoms with Gasteiger partial charge in [-0.3, -0.25) is 9.78 Å². The molecule has 0 bridgehead atoms. The minimum atomic E-state index is -0.519. The first-order chi connectivity index (χ1) is 11.6. The maximum absolute atomic E-state index is 12.8. The molecule has 5 nitrogen and oxygen atoms in total. The average molecular weight is 328 g/mol. The van der Waals surface area contributed by atoms with E-state index in [0.29, 0.717) is 23.2 Å². The van der Waals surface area contributed by atoms with Crippen LogP contribution in [0.4, 0.5) is 10.1 Å². The lowest BCUT2D eigenvalue weighted by Crippen LogP contribution is -2.11. The third-order valence-electron chi connectivity index (χ3n) is 3.74. The van der Waals surface area contributed by atoms with Crippen molar-refractivity contribution >= 4 is 22.7 Å². The Bertz CT molecular complexity index is 897. The zero-order valence-corrected chi connectivity index (χ0v) is 13.0. The van der Waals surface area contributed by atoms with Crippen molar-refractivity contribution in [3.05, 3.63) is 64.4 Å². The van der Waals surface area contributed by atoms with Crippen molar-refractivity contribution in [1.29, 1.82) is 0 Å². The number of aryl methyl sites for hydroxylation is 1. The molecule has 0 aliphatic carbocycles. The summed E-state index contributed by atoms with van der Waals surface area (Å²) in [5.74, 6) is -0.845. The summed E-state index contributed by atoms with van der Waals surface area (Å²) in [6.07, 6.45) is 2.82. The molecule has 1 heterocycles. The average Bonchev–Trinajstić information content (AvgIpc) is 2.92. The number of oxazole rings is 1. The lowest BCUT2D eigenvalue weighted by Gasteiger charge is -2.05. The summed E-state index contributed by atoms with van der Waals surface area (Å²) in [6.45, 7) is 0. The van der Waals surface area contributed by atoms with Gasteiger partial charge in [-0.25, -0.2) is 9.18 Å². The van der Waals surface area contributed by atoms with Crippen molar-refractivity contribution in [3.8, 4) is 0 Å². The van der Waals surface area contributed by atoms with Crippen LogP contribution in [-0.2, 0) is 11.2 Å². The monoisotopic (exact) mass is 328 g/mol. The molecule has 2 aromatic carbocycles. The Kier molecular flexibility index (Phi) is 4.74. The minimum absolute atomic E-state index is 0.0840. The van der Waals surface area contributed by atoms with Crippen LogP contribution in [0.1, 0.15) is 24.8 Å². The molecule has 0 unspecified atom stereocenters. The lowest BCUT2D eigenvalue weighted by atomic mass is 10.1. The summed E-state index contributed by atoms with van der Waals surface area (Å²) in [7, 11) is 0. The Hall–Kier alpha value is -2.89. The highest BCUT2D eigenvalue weighted by Gasteiger charge is 2.06. The number of aromatic amines is 1. The molecule has 0 fully saturated rings. The van der Waals surface area contributed by atoms with Crippen LogP contribution in [0.5, 0.6) is 0 Å². The van der Waals surface area contributed by atoms with Crippen LogP contribution in [-0.4, -0.2) is 10.9 Å². The van der Waals surface area contributed by atoms with E-state index in [1.54, 1.807) is 30.3 Å². The van der Waals surface area contributed by atoms with Crippen LogP contribution in [0.15, 0.2) is 51.7 Å². The SMILES string of the molecule is O=C(CCCCc1ccc(F)cc1)Nc1ccc2oc(=O)[nH]c2c1. The number of rotatable bonds is 6. The van der Waals surface area contributed by atoms with Gasteiger partial charge in [0.2, 0.25) is 5.91 Å². The fourth-order valence-corrected chi connectivity index (χ4v) is 2.52. The first-order valence-electron chi connectivity index (χ1n) is 7.77. The molecule has 0 spiro atoms. The first-order valence-corrected chi connectivity index (χ1v) is 7.77. The highest BCUT2D eigenvalue weighted by atomic mass is 19.1. The van der Waals surface area contributed by atoms with Crippen molar-refractivity contribution in [2.24, 2.45) is 0 Å². The van der Waals surface area contributed by atoms with Gasteiger partial charge in [-0.15, -0.1) is 0 Å². The number of halogens is 1. The van der Waals surface area contributed by atoms with E-state index >= 15 is 0 Å². The van der Waals surface area contributed by atoms with Crippen molar-refractivity contribution in [3.63, 3.8) is 0 Å². The number of unbranched alkanes of at least 4 members (excludes halogenated alkanes) is 1. The Morgan fingerprint density at radius 2 is 1.92 bits per heavy atom. The zero-order chi connectivity index (χ0) is 16.9. The van der Waals surface area contributed by atoms with E-state index < -0.39 is 5.76 Å². The van der Waals surface area contributed by atoms with Crippen LogP contribution in [0.2, 0.25) is 0 Å². The van der Waals surface area contributed by atoms with Crippen LogP contribution in [0.25, 0.3) is 11.1 Å². The van der Waals surface area contributed by atoms with Crippen LogP contribution < -0.4 is 11.1 Å². The number of anilines is 1. The molecule has 0 aliphatic heterocycles. The normalized spacial score (nSPS) is 10.9. The van der Waals surface area contributed by atoms with Gasteiger partial charge in [-0.1, -0.05) is 12.1 Å². The number of H-pyrrole nitrogens is 1. The van der Waals surface area contributed by atoms with Gasteiger partial charge in [-0.05, 0) is 55.2 Å². The second-order valence-electron chi connectivity index (χ2n) is 5.61. The summed E-state index contributed by atoms with van der Waals surface area (Å²) < 4.78 is 17.7. The molecule has 1 amide bonds. The van der Waals surface area contributed by atoms with Gasteiger partial charge >= 0.3 is 5.76 Å². The first kappa shape index (κ1) is 16.0. The summed E-state index contributed by atoms with van der Waals surface area (Å²) in [4.78, 5) is 25.6. The molecule has 0 atom stereocenters. The number of amides is 1. The Morgan fingerprint density at radius 1 is 1.12 bits per heavy atom. The number of hydrogen-bond donors (Lipinski definition) is 2. The van der Waals surface area contributed by atoms with Crippen LogP contribution in [0, 0.1) is 5.82 Å². The topological polar surface area (TPSA) is 75.1 Å². The summed E-state index contributed by atoms with van der Waals surface area (Å²) in [5, 5.41) is 2.80. The number of hydrogen-bond acceptors (Lipinski definition) is 3. The molecule has 3 aromatic rings. The number of nitrogens with one attached hydrogen (secondary N) is 2. The second kappa shape index (κ2) is 7.12. The molecular formula is C18H17FN2O3. The van der Waals surface area contributed by atoms with E-state index in [-0.39, 0.29) is 11.7 Å². The standard InChI is InChI=1S/C18H17FN2O3/c19-13-7-5-12(6-8-13)3-1-2-4-17(22)20-14-9-10-16-15(11-14)21-18(23)24-16/h5-11H,1-4H2,(H,20,22)(H,21,23). The zero-order valence-electron chi connectivity index (χ0n) is 13.0. The molecular weight excluding hydrogens is 311 g/mol. The third-order valence-corrected chi connectivity index (χ3v) is 3.74. The molecule has 3 rings (SSSR count). The van der Waals surface area contributed by atoms with Crippen molar-refractivity contribution < 1.29 is 13.6 Å². The van der Waals surface area contributed by atoms with Gasteiger partial charge in [0.1, 0.15) is 5.82 Å². The van der Waals surface area contributed by atoms with E-state index in [2.05, 4.69) is 10.3 Å². The highest BCUT2D eigenvalue weighted by molar-refractivity contribution is 5.92. The van der Waals surface area contributed by atoms with Crippen molar-refractivity contribution in [1.82, 2.24) is 4.98 Å². The predicted octanol–water partition coefficient (Wildman–Crippen LogP) is 3.61. The highest BCUT2D eigenvalue weighted by Crippen LogP contribution is 2.16. The largest absolute Gasteiger partial charge is 0.417 e. The van der Waals surface area contributed by atoms with Crippen molar-refractivity contribution in [2.45, 2.75) is 25.7 Å². The predicted molar refractivity (Wildman–Crippen MR) is 89.4 cm³/mol. The molecule has 0 aliphatic rings. The van der Waals surface area contributed by atoms with Gasteiger partial charge in [0, 0.05) is 12.1 Å². The Labute approximate surface area is 137 Å². The van der Waals surface area contributed by atoms with E-state index in [0.717, 1.165) is 24.8 Å². The van der Waals surface area contributed by atoms with E-state index in [4.69, 9.17) is 4.42 Å². The third kappa shape index (κ3) is 4.10. The molecule has 2 N–H and O–H groups in total.